The molecule has 0 aliphatic rings. The molecule has 2 heterocycles. The van der Waals surface area contributed by atoms with Gasteiger partial charge in [0.1, 0.15) is 17.3 Å². The molecule has 0 aliphatic heterocycles. The van der Waals surface area contributed by atoms with E-state index in [9.17, 15) is 18.0 Å². The molecule has 0 bridgehead atoms. The van der Waals surface area contributed by atoms with Gasteiger partial charge in [0.05, 0.1) is 10.4 Å². The van der Waals surface area contributed by atoms with Crippen molar-refractivity contribution in [2.24, 2.45) is 0 Å². The van der Waals surface area contributed by atoms with Crippen LogP contribution in [0.25, 0.3) is 16.7 Å². The molecule has 0 saturated heterocycles. The average molecular weight is 411 g/mol. The minimum atomic E-state index is -3.09. The summed E-state index contributed by atoms with van der Waals surface area (Å²) in [5.41, 5.74) is -1.56. The van der Waals surface area contributed by atoms with Gasteiger partial charge in [-0.1, -0.05) is 27.5 Å². The maximum absolute atomic E-state index is 14.3. The van der Waals surface area contributed by atoms with Gasteiger partial charge in [-0.2, -0.15) is 13.5 Å². The molecule has 3 aromatic rings. The predicted molar refractivity (Wildman–Crippen MR) is 81.2 cm³/mol. The molecule has 1 aromatic carbocycles. The number of hydrogen-bond acceptors (Lipinski definition) is 3. The van der Waals surface area contributed by atoms with Crippen LogP contribution in [0, 0.1) is 12.7 Å². The topological polar surface area (TPSA) is 53.0 Å². The van der Waals surface area contributed by atoms with Crippen molar-refractivity contribution in [1.29, 1.82) is 0 Å². The van der Waals surface area contributed by atoms with E-state index in [1.165, 1.54) is 6.92 Å². The molecule has 0 unspecified atom stereocenters. The molecule has 0 atom stereocenters. The Bertz CT molecular complexity index is 964. The third kappa shape index (κ3) is 2.47. The standard InChI is InChI=1S/C13H8BrClF3N3O2/c1-5-19-21(13(22)20(5)12(17)18)10-9(16)3-8(15)7-2-6(4-14)23-11(7)10/h2-3,12H,4H2,1H3. The molecule has 0 spiro atoms. The number of alkyl halides is 3. The Morgan fingerprint density at radius 1 is 1.43 bits per heavy atom. The Labute approximate surface area is 140 Å². The molecule has 0 aliphatic carbocycles. The maximum atomic E-state index is 14.3. The van der Waals surface area contributed by atoms with Crippen LogP contribution in [0.15, 0.2) is 21.3 Å². The lowest BCUT2D eigenvalue weighted by Gasteiger charge is -2.04. The molecule has 5 nitrogen and oxygen atoms in total. The third-order valence-electron chi connectivity index (χ3n) is 3.25. The Kier molecular flexibility index (Phi) is 4.01. The van der Waals surface area contributed by atoms with E-state index in [4.69, 9.17) is 16.0 Å². The summed E-state index contributed by atoms with van der Waals surface area (Å²) >= 11 is 9.16. The number of aryl methyl sites for hydroxylation is 1. The first-order valence-electron chi connectivity index (χ1n) is 6.28. The molecule has 23 heavy (non-hydrogen) atoms. The van der Waals surface area contributed by atoms with Crippen molar-refractivity contribution in [1.82, 2.24) is 14.3 Å². The first kappa shape index (κ1) is 16.1. The molecule has 0 fully saturated rings. The first-order chi connectivity index (χ1) is 10.8. The fourth-order valence-corrected chi connectivity index (χ4v) is 2.78. The van der Waals surface area contributed by atoms with Crippen LogP contribution in [-0.2, 0) is 5.33 Å². The number of fused-ring (bicyclic) bond motifs is 1. The minimum absolute atomic E-state index is 0.0366. The van der Waals surface area contributed by atoms with Gasteiger partial charge in [-0.05, 0) is 19.1 Å². The zero-order chi connectivity index (χ0) is 16.9. The zero-order valence-electron chi connectivity index (χ0n) is 11.5. The van der Waals surface area contributed by atoms with E-state index in [1.807, 2.05) is 0 Å². The second-order valence-corrected chi connectivity index (χ2v) is 5.64. The molecule has 10 heteroatoms. The fraction of sp³-hybridized carbons (Fsp3) is 0.231. The van der Waals surface area contributed by atoms with Crippen LogP contribution in [0.1, 0.15) is 18.1 Å². The smallest absolute Gasteiger partial charge is 0.355 e. The van der Waals surface area contributed by atoms with Crippen molar-refractivity contribution in [3.8, 4) is 5.69 Å². The SMILES string of the molecule is Cc1nn(-c2c(F)cc(Cl)c3cc(CBr)oc23)c(=O)n1C(F)F. The van der Waals surface area contributed by atoms with E-state index in [0.29, 0.717) is 21.2 Å². The molecular formula is C13H8BrClF3N3O2. The number of halogens is 5. The zero-order valence-corrected chi connectivity index (χ0v) is 13.8. The van der Waals surface area contributed by atoms with Crippen LogP contribution in [0.2, 0.25) is 5.02 Å². The van der Waals surface area contributed by atoms with Gasteiger partial charge in [-0.15, -0.1) is 5.10 Å². The second kappa shape index (κ2) is 5.72. The van der Waals surface area contributed by atoms with E-state index < -0.39 is 18.1 Å². The minimum Gasteiger partial charge on any atom is -0.458 e. The molecule has 2 aromatic heterocycles. The summed E-state index contributed by atoms with van der Waals surface area (Å²) in [6, 6.07) is 2.55. The van der Waals surface area contributed by atoms with E-state index in [2.05, 4.69) is 21.0 Å². The number of benzene rings is 1. The summed E-state index contributed by atoms with van der Waals surface area (Å²) in [5.74, 6) is -0.717. The summed E-state index contributed by atoms with van der Waals surface area (Å²) in [7, 11) is 0. The van der Waals surface area contributed by atoms with Crippen LogP contribution < -0.4 is 5.69 Å². The highest BCUT2D eigenvalue weighted by molar-refractivity contribution is 9.08. The van der Waals surface area contributed by atoms with Crippen LogP contribution in [0.4, 0.5) is 13.2 Å². The van der Waals surface area contributed by atoms with Gasteiger partial charge >= 0.3 is 12.2 Å². The number of hydrogen-bond donors (Lipinski definition) is 0. The molecule has 122 valence electrons. The third-order valence-corrected chi connectivity index (χ3v) is 4.12. The van der Waals surface area contributed by atoms with Gasteiger partial charge in [0.15, 0.2) is 11.4 Å². The van der Waals surface area contributed by atoms with Crippen molar-refractivity contribution in [2.75, 3.05) is 0 Å². The normalized spacial score (nSPS) is 11.8. The van der Waals surface area contributed by atoms with Gasteiger partial charge in [-0.3, -0.25) is 0 Å². The highest BCUT2D eigenvalue weighted by atomic mass is 79.9. The van der Waals surface area contributed by atoms with Crippen molar-refractivity contribution in [3.05, 3.63) is 45.0 Å². The maximum Gasteiger partial charge on any atom is 0.355 e. The Morgan fingerprint density at radius 3 is 2.70 bits per heavy atom. The summed E-state index contributed by atoms with van der Waals surface area (Å²) < 4.78 is 46.4. The van der Waals surface area contributed by atoms with Crippen molar-refractivity contribution < 1.29 is 17.6 Å². The summed E-state index contributed by atoms with van der Waals surface area (Å²) in [6.45, 7) is -1.86. The van der Waals surface area contributed by atoms with Gasteiger partial charge < -0.3 is 4.42 Å². The van der Waals surface area contributed by atoms with Crippen LogP contribution in [-0.4, -0.2) is 14.3 Å². The number of nitrogens with zero attached hydrogens (tertiary/aromatic N) is 3. The van der Waals surface area contributed by atoms with Gasteiger partial charge in [0.25, 0.3) is 0 Å². The van der Waals surface area contributed by atoms with Crippen LogP contribution in [0.5, 0.6) is 0 Å². The average Bonchev–Trinajstić information content (AvgIpc) is 3.01. The number of furan rings is 1. The lowest BCUT2D eigenvalue weighted by molar-refractivity contribution is 0.0640. The Balaban J connectivity index is 2.39. The monoisotopic (exact) mass is 409 g/mol. The van der Waals surface area contributed by atoms with Gasteiger partial charge in [0.2, 0.25) is 0 Å². The van der Waals surface area contributed by atoms with Crippen molar-refractivity contribution in [3.63, 3.8) is 0 Å². The highest BCUT2D eigenvalue weighted by Gasteiger charge is 2.24. The number of rotatable bonds is 3. The molecule has 0 radical (unpaired) electrons. The highest BCUT2D eigenvalue weighted by Crippen LogP contribution is 2.34. The summed E-state index contributed by atoms with van der Waals surface area (Å²) in [4.78, 5) is 12.1. The van der Waals surface area contributed by atoms with E-state index >= 15 is 0 Å². The predicted octanol–water partition coefficient (Wildman–Crippen LogP) is 4.17. The lowest BCUT2D eigenvalue weighted by atomic mass is 10.2. The van der Waals surface area contributed by atoms with Gasteiger partial charge in [0, 0.05) is 5.39 Å². The second-order valence-electron chi connectivity index (χ2n) is 4.67. The van der Waals surface area contributed by atoms with Crippen molar-refractivity contribution in [2.45, 2.75) is 18.8 Å². The fourth-order valence-electron chi connectivity index (χ4n) is 2.27. The lowest BCUT2D eigenvalue weighted by Crippen LogP contribution is -2.25. The van der Waals surface area contributed by atoms with Crippen molar-refractivity contribution >= 4 is 38.5 Å². The summed E-state index contributed by atoms with van der Waals surface area (Å²) in [5, 5.41) is 4.48. The molecular weight excluding hydrogens is 403 g/mol. The van der Waals surface area contributed by atoms with E-state index in [-0.39, 0.29) is 26.7 Å². The molecule has 3 rings (SSSR count). The quantitative estimate of drug-likeness (QED) is 0.609. The molecule has 0 N–H and O–H groups in total. The largest absolute Gasteiger partial charge is 0.458 e. The number of aromatic nitrogens is 3. The Morgan fingerprint density at radius 2 is 2.13 bits per heavy atom. The summed E-state index contributed by atoms with van der Waals surface area (Å²) in [6.07, 6.45) is 0. The van der Waals surface area contributed by atoms with Crippen LogP contribution >= 0.6 is 27.5 Å². The molecule has 0 amide bonds. The van der Waals surface area contributed by atoms with E-state index in [0.717, 1.165) is 6.07 Å². The van der Waals surface area contributed by atoms with E-state index in [1.54, 1.807) is 6.07 Å². The Hall–Kier alpha value is -1.74. The molecule has 0 saturated carbocycles. The van der Waals surface area contributed by atoms with Crippen LogP contribution in [0.3, 0.4) is 0 Å². The first-order valence-corrected chi connectivity index (χ1v) is 7.78. The van der Waals surface area contributed by atoms with Gasteiger partial charge in [-0.25, -0.2) is 13.8 Å².